The van der Waals surface area contributed by atoms with Crippen molar-refractivity contribution in [1.29, 1.82) is 0 Å². The van der Waals surface area contributed by atoms with Crippen LogP contribution in [0.4, 0.5) is 0 Å². The molecule has 0 aliphatic heterocycles. The van der Waals surface area contributed by atoms with Crippen molar-refractivity contribution < 1.29 is 14.2 Å². The van der Waals surface area contributed by atoms with Gasteiger partial charge in [0.2, 0.25) is 0 Å². The highest BCUT2D eigenvalue weighted by Crippen LogP contribution is 2.36. The summed E-state index contributed by atoms with van der Waals surface area (Å²) in [4.78, 5) is 0. The minimum Gasteiger partial charge on any atom is -0.493 e. The zero-order valence-electron chi connectivity index (χ0n) is 11.8. The highest BCUT2D eigenvalue weighted by Gasteiger charge is 2.11. The molecule has 19 heavy (non-hydrogen) atoms. The fourth-order valence-corrected chi connectivity index (χ4v) is 2.03. The SMILES string of the molecule is CNCc1cc(Cl)c(OCCCCOC)c(OC)c1. The van der Waals surface area contributed by atoms with E-state index in [2.05, 4.69) is 5.32 Å². The first-order valence-corrected chi connectivity index (χ1v) is 6.73. The first kappa shape index (κ1) is 16.1. The van der Waals surface area contributed by atoms with Crippen molar-refractivity contribution in [2.45, 2.75) is 19.4 Å². The van der Waals surface area contributed by atoms with Gasteiger partial charge in [-0.1, -0.05) is 11.6 Å². The first-order valence-electron chi connectivity index (χ1n) is 6.35. The molecule has 0 bridgehead atoms. The molecule has 0 saturated carbocycles. The number of methoxy groups -OCH3 is 2. The van der Waals surface area contributed by atoms with Crippen LogP contribution in [0.3, 0.4) is 0 Å². The third kappa shape index (κ3) is 5.27. The van der Waals surface area contributed by atoms with Crippen LogP contribution in [0, 0.1) is 0 Å². The lowest BCUT2D eigenvalue weighted by molar-refractivity contribution is 0.183. The molecule has 5 heteroatoms. The lowest BCUT2D eigenvalue weighted by Gasteiger charge is -2.14. The molecule has 0 aliphatic rings. The summed E-state index contributed by atoms with van der Waals surface area (Å²) in [6.45, 7) is 2.09. The summed E-state index contributed by atoms with van der Waals surface area (Å²) in [5.41, 5.74) is 1.07. The van der Waals surface area contributed by atoms with Gasteiger partial charge in [-0.05, 0) is 37.6 Å². The largest absolute Gasteiger partial charge is 0.493 e. The van der Waals surface area contributed by atoms with Gasteiger partial charge in [-0.2, -0.15) is 0 Å². The molecular weight excluding hydrogens is 266 g/mol. The molecule has 0 radical (unpaired) electrons. The zero-order chi connectivity index (χ0) is 14.1. The lowest BCUT2D eigenvalue weighted by atomic mass is 10.2. The Morgan fingerprint density at radius 2 is 1.89 bits per heavy atom. The third-order valence-electron chi connectivity index (χ3n) is 2.66. The second-order valence-electron chi connectivity index (χ2n) is 4.19. The highest BCUT2D eigenvalue weighted by molar-refractivity contribution is 6.32. The summed E-state index contributed by atoms with van der Waals surface area (Å²) < 4.78 is 16.0. The molecule has 1 rings (SSSR count). The van der Waals surface area contributed by atoms with Crippen molar-refractivity contribution in [3.8, 4) is 11.5 Å². The van der Waals surface area contributed by atoms with Crippen molar-refractivity contribution >= 4 is 11.6 Å². The lowest BCUT2D eigenvalue weighted by Crippen LogP contribution is -2.06. The van der Waals surface area contributed by atoms with E-state index in [1.165, 1.54) is 0 Å². The van der Waals surface area contributed by atoms with E-state index in [0.717, 1.165) is 31.6 Å². The Kier molecular flexibility index (Phi) is 7.63. The monoisotopic (exact) mass is 287 g/mol. The Morgan fingerprint density at radius 1 is 1.16 bits per heavy atom. The Balaban J connectivity index is 2.65. The zero-order valence-corrected chi connectivity index (χ0v) is 12.5. The van der Waals surface area contributed by atoms with E-state index < -0.39 is 0 Å². The molecule has 0 fully saturated rings. The summed E-state index contributed by atoms with van der Waals surface area (Å²) in [7, 11) is 5.20. The molecule has 1 aromatic rings. The van der Waals surface area contributed by atoms with Gasteiger partial charge >= 0.3 is 0 Å². The molecule has 108 valence electrons. The van der Waals surface area contributed by atoms with Gasteiger partial charge in [-0.3, -0.25) is 0 Å². The maximum absolute atomic E-state index is 6.23. The second kappa shape index (κ2) is 9.02. The van der Waals surface area contributed by atoms with Crippen LogP contribution in [0.1, 0.15) is 18.4 Å². The summed E-state index contributed by atoms with van der Waals surface area (Å²) >= 11 is 6.23. The smallest absolute Gasteiger partial charge is 0.179 e. The van der Waals surface area contributed by atoms with Gasteiger partial charge in [0.05, 0.1) is 18.7 Å². The summed E-state index contributed by atoms with van der Waals surface area (Å²) in [6.07, 6.45) is 1.89. The van der Waals surface area contributed by atoms with Crippen LogP contribution >= 0.6 is 11.6 Å². The van der Waals surface area contributed by atoms with Gasteiger partial charge in [0.25, 0.3) is 0 Å². The Hall–Kier alpha value is -0.970. The molecule has 0 amide bonds. The molecule has 0 aliphatic carbocycles. The van der Waals surface area contributed by atoms with Gasteiger partial charge < -0.3 is 19.5 Å². The van der Waals surface area contributed by atoms with E-state index in [-0.39, 0.29) is 0 Å². The van der Waals surface area contributed by atoms with Gasteiger partial charge in [0.1, 0.15) is 0 Å². The molecule has 0 aromatic heterocycles. The van der Waals surface area contributed by atoms with E-state index in [0.29, 0.717) is 23.1 Å². The quantitative estimate of drug-likeness (QED) is 0.709. The van der Waals surface area contributed by atoms with E-state index in [9.17, 15) is 0 Å². The van der Waals surface area contributed by atoms with Crippen LogP contribution in [-0.2, 0) is 11.3 Å². The number of halogens is 1. The predicted octanol–water partition coefficient (Wildman–Crippen LogP) is 2.87. The average molecular weight is 288 g/mol. The maximum Gasteiger partial charge on any atom is 0.179 e. The van der Waals surface area contributed by atoms with Crippen molar-refractivity contribution in [3.63, 3.8) is 0 Å². The second-order valence-corrected chi connectivity index (χ2v) is 4.59. The topological polar surface area (TPSA) is 39.7 Å². The van der Waals surface area contributed by atoms with Gasteiger partial charge in [0, 0.05) is 20.3 Å². The van der Waals surface area contributed by atoms with Crippen LogP contribution in [-0.4, -0.2) is 34.5 Å². The fraction of sp³-hybridized carbons (Fsp3) is 0.571. The van der Waals surface area contributed by atoms with Crippen LogP contribution < -0.4 is 14.8 Å². The molecule has 0 unspecified atom stereocenters. The average Bonchev–Trinajstić information content (AvgIpc) is 2.40. The van der Waals surface area contributed by atoms with Crippen molar-refractivity contribution in [3.05, 3.63) is 22.7 Å². The van der Waals surface area contributed by atoms with E-state index in [1.807, 2.05) is 19.2 Å². The maximum atomic E-state index is 6.23. The molecule has 0 saturated heterocycles. The molecule has 0 atom stereocenters. The van der Waals surface area contributed by atoms with Crippen molar-refractivity contribution in [2.24, 2.45) is 0 Å². The van der Waals surface area contributed by atoms with Gasteiger partial charge in [0.15, 0.2) is 11.5 Å². The number of hydrogen-bond donors (Lipinski definition) is 1. The molecule has 1 N–H and O–H groups in total. The van der Waals surface area contributed by atoms with Crippen molar-refractivity contribution in [1.82, 2.24) is 5.32 Å². The molecular formula is C14H22ClNO3. The summed E-state index contributed by atoms with van der Waals surface area (Å²) in [5.74, 6) is 1.28. The molecule has 4 nitrogen and oxygen atoms in total. The normalized spacial score (nSPS) is 10.5. The number of unbranched alkanes of at least 4 members (excludes halogenated alkanes) is 1. The van der Waals surface area contributed by atoms with Crippen LogP contribution in [0.15, 0.2) is 12.1 Å². The summed E-state index contributed by atoms with van der Waals surface area (Å²) in [6, 6.07) is 3.83. The number of rotatable bonds is 9. The minimum absolute atomic E-state index is 0.580. The summed E-state index contributed by atoms with van der Waals surface area (Å²) in [5, 5.41) is 3.66. The number of benzene rings is 1. The van der Waals surface area contributed by atoms with Crippen LogP contribution in [0.2, 0.25) is 5.02 Å². The van der Waals surface area contributed by atoms with Gasteiger partial charge in [-0.25, -0.2) is 0 Å². The number of nitrogens with one attached hydrogen (secondary N) is 1. The third-order valence-corrected chi connectivity index (χ3v) is 2.94. The van der Waals surface area contributed by atoms with Crippen LogP contribution in [0.5, 0.6) is 11.5 Å². The van der Waals surface area contributed by atoms with Crippen LogP contribution in [0.25, 0.3) is 0 Å². The minimum atomic E-state index is 0.580. The predicted molar refractivity (Wildman–Crippen MR) is 77.4 cm³/mol. The van der Waals surface area contributed by atoms with E-state index >= 15 is 0 Å². The number of hydrogen-bond acceptors (Lipinski definition) is 4. The molecule has 1 aromatic carbocycles. The van der Waals surface area contributed by atoms with E-state index in [1.54, 1.807) is 14.2 Å². The Bertz CT molecular complexity index is 385. The number of ether oxygens (including phenoxy) is 3. The van der Waals surface area contributed by atoms with E-state index in [4.69, 9.17) is 25.8 Å². The highest BCUT2D eigenvalue weighted by atomic mass is 35.5. The van der Waals surface area contributed by atoms with Crippen molar-refractivity contribution in [2.75, 3.05) is 34.5 Å². The fourth-order valence-electron chi connectivity index (χ4n) is 1.74. The Labute approximate surface area is 120 Å². The standard InChI is InChI=1S/C14H22ClNO3/c1-16-10-11-8-12(15)14(13(9-11)18-3)19-7-5-4-6-17-2/h8-9,16H,4-7,10H2,1-3H3. The van der Waals surface area contributed by atoms with Gasteiger partial charge in [-0.15, -0.1) is 0 Å². The molecule has 0 spiro atoms. The first-order chi connectivity index (χ1) is 9.22. The molecule has 0 heterocycles. The Morgan fingerprint density at radius 3 is 2.53 bits per heavy atom.